The largest absolute Gasteiger partial charge is 0.387 e. The Morgan fingerprint density at radius 1 is 1.00 bits per heavy atom. The van der Waals surface area contributed by atoms with Crippen LogP contribution in [0.2, 0.25) is 0 Å². The van der Waals surface area contributed by atoms with Crippen LogP contribution in [-0.2, 0) is 19.6 Å². The zero-order chi connectivity index (χ0) is 30.7. The minimum atomic E-state index is -3.52. The van der Waals surface area contributed by atoms with Gasteiger partial charge in [0.2, 0.25) is 10.0 Å². The number of sulfonamides is 1. The lowest BCUT2D eigenvalue weighted by Crippen LogP contribution is -2.42. The molecule has 228 valence electrons. The number of fused-ring (bicyclic) bond motifs is 1. The summed E-state index contributed by atoms with van der Waals surface area (Å²) in [5.74, 6) is -0.523. The van der Waals surface area contributed by atoms with Crippen LogP contribution in [0.1, 0.15) is 48.7 Å². The van der Waals surface area contributed by atoms with Crippen LogP contribution in [0.3, 0.4) is 0 Å². The fourth-order valence-corrected chi connectivity index (χ4v) is 6.30. The minimum absolute atomic E-state index is 0.00253. The van der Waals surface area contributed by atoms with Crippen molar-refractivity contribution in [2.24, 2.45) is 0 Å². The third kappa shape index (κ3) is 6.73. The lowest BCUT2D eigenvalue weighted by Gasteiger charge is -2.22. The van der Waals surface area contributed by atoms with Crippen molar-refractivity contribution in [2.45, 2.75) is 50.3 Å². The summed E-state index contributed by atoms with van der Waals surface area (Å²) in [6.07, 6.45) is -2.63. The van der Waals surface area contributed by atoms with Crippen molar-refractivity contribution >= 4 is 32.7 Å². The molecule has 2 heterocycles. The Morgan fingerprint density at radius 2 is 1.63 bits per heavy atom. The molecule has 5 N–H and O–H groups in total. The maximum Gasteiger partial charge on any atom is 0.252 e. The maximum absolute atomic E-state index is 12.5. The fraction of sp³-hybridized carbons (Fsp3) is 0.355. The summed E-state index contributed by atoms with van der Waals surface area (Å²) < 4.78 is 34.2. The zero-order valence-electron chi connectivity index (χ0n) is 24.2. The summed E-state index contributed by atoms with van der Waals surface area (Å²) in [7, 11) is -3.52. The number of rotatable bonds is 11. The van der Waals surface area contributed by atoms with Crippen LogP contribution in [0.15, 0.2) is 79.1 Å². The SMILES string of the molecule is CCNC(=O)[C@H]1O[C@@H](n2cnc3c(NCC(c4ccccc4)c4ccccc4)cc(C(C)NS(C)(=O)=O)cc32)[C@H](O)[C@@H]1O. The molecule has 1 saturated heterocycles. The molecule has 0 radical (unpaired) electrons. The van der Waals surface area contributed by atoms with Crippen molar-refractivity contribution in [1.29, 1.82) is 0 Å². The first-order valence-corrected chi connectivity index (χ1v) is 16.1. The van der Waals surface area contributed by atoms with Gasteiger partial charge in [0.05, 0.1) is 23.8 Å². The molecule has 0 spiro atoms. The Balaban J connectivity index is 1.54. The van der Waals surface area contributed by atoms with Gasteiger partial charge in [-0.3, -0.25) is 4.79 Å². The van der Waals surface area contributed by atoms with E-state index in [-0.39, 0.29) is 5.92 Å². The van der Waals surface area contributed by atoms with Gasteiger partial charge in [0, 0.05) is 25.0 Å². The molecule has 11 nitrogen and oxygen atoms in total. The topological polar surface area (TPSA) is 155 Å². The van der Waals surface area contributed by atoms with Gasteiger partial charge in [0.15, 0.2) is 12.3 Å². The molecule has 5 atom stereocenters. The number of benzene rings is 3. The average Bonchev–Trinajstić information content (AvgIpc) is 3.54. The van der Waals surface area contributed by atoms with Gasteiger partial charge in [0.25, 0.3) is 5.91 Å². The first-order chi connectivity index (χ1) is 20.6. The molecule has 1 aliphatic rings. The first-order valence-electron chi connectivity index (χ1n) is 14.2. The number of amides is 1. The second-order valence-electron chi connectivity index (χ2n) is 10.8. The predicted octanol–water partition coefficient (Wildman–Crippen LogP) is 2.65. The number of carbonyl (C=O) groups is 1. The number of aliphatic hydroxyl groups excluding tert-OH is 2. The first kappa shape index (κ1) is 30.6. The summed E-state index contributed by atoms with van der Waals surface area (Å²) in [6, 6.07) is 23.3. The number of hydrogen-bond acceptors (Lipinski definition) is 8. The van der Waals surface area contributed by atoms with Gasteiger partial charge in [-0.1, -0.05) is 60.7 Å². The number of nitrogens with one attached hydrogen (secondary N) is 3. The summed E-state index contributed by atoms with van der Waals surface area (Å²) in [5, 5.41) is 27.7. The van der Waals surface area contributed by atoms with Crippen LogP contribution in [0, 0.1) is 0 Å². The van der Waals surface area contributed by atoms with E-state index in [1.165, 1.54) is 6.33 Å². The molecule has 0 saturated carbocycles. The minimum Gasteiger partial charge on any atom is -0.387 e. The van der Waals surface area contributed by atoms with E-state index >= 15 is 0 Å². The van der Waals surface area contributed by atoms with Crippen LogP contribution >= 0.6 is 0 Å². The molecule has 0 bridgehead atoms. The number of carbonyl (C=O) groups excluding carboxylic acids is 1. The molecule has 12 heteroatoms. The van der Waals surface area contributed by atoms with Crippen molar-refractivity contribution in [3.8, 4) is 0 Å². The van der Waals surface area contributed by atoms with Crippen molar-refractivity contribution < 1.29 is 28.2 Å². The van der Waals surface area contributed by atoms with Gasteiger partial charge >= 0.3 is 0 Å². The highest BCUT2D eigenvalue weighted by molar-refractivity contribution is 7.88. The molecular formula is C31H37N5O6S. The highest BCUT2D eigenvalue weighted by atomic mass is 32.2. The number of likely N-dealkylation sites (N-methyl/N-ethyl adjacent to an activating group) is 1. The van der Waals surface area contributed by atoms with Crippen molar-refractivity contribution in [1.82, 2.24) is 19.6 Å². The van der Waals surface area contributed by atoms with E-state index in [0.717, 1.165) is 17.4 Å². The van der Waals surface area contributed by atoms with Gasteiger partial charge in [-0.25, -0.2) is 18.1 Å². The molecular weight excluding hydrogens is 570 g/mol. The highest BCUT2D eigenvalue weighted by Crippen LogP contribution is 2.36. The lowest BCUT2D eigenvalue weighted by atomic mass is 9.91. The van der Waals surface area contributed by atoms with Crippen molar-refractivity contribution in [3.63, 3.8) is 0 Å². The molecule has 5 rings (SSSR count). The van der Waals surface area contributed by atoms with Crippen molar-refractivity contribution in [3.05, 3.63) is 95.8 Å². The highest BCUT2D eigenvalue weighted by Gasteiger charge is 2.47. The summed E-state index contributed by atoms with van der Waals surface area (Å²) in [6.45, 7) is 4.34. The number of nitrogens with zero attached hydrogens (tertiary/aromatic N) is 2. The molecule has 43 heavy (non-hydrogen) atoms. The van der Waals surface area contributed by atoms with Gasteiger partial charge in [-0.05, 0) is 42.7 Å². The van der Waals surface area contributed by atoms with Crippen LogP contribution < -0.4 is 15.4 Å². The third-order valence-electron chi connectivity index (χ3n) is 7.61. The normalized spacial score (nSPS) is 21.3. The molecule has 1 unspecified atom stereocenters. The van der Waals surface area contributed by atoms with E-state index in [1.807, 2.05) is 42.5 Å². The second-order valence-corrected chi connectivity index (χ2v) is 12.6. The number of aliphatic hydroxyl groups is 2. The monoisotopic (exact) mass is 607 g/mol. The summed E-state index contributed by atoms with van der Waals surface area (Å²) in [4.78, 5) is 17.1. The number of aromatic nitrogens is 2. The van der Waals surface area contributed by atoms with E-state index in [2.05, 4.69) is 44.6 Å². The Kier molecular flexibility index (Phi) is 9.13. The standard InChI is InChI=1S/C31H37N5O6S/c1-4-32-30(39)29-27(37)28(38)31(42-29)36-18-34-26-24(15-22(16-25(26)36)19(2)35-43(3,40)41)33-17-23(20-11-7-5-8-12-20)21-13-9-6-10-14-21/h5-16,18-19,23,27-29,31,33,35,37-38H,4,17H2,1-3H3,(H,32,39)/t19?,27-,28+,29-,31+/m0/s1. The molecule has 1 aliphatic heterocycles. The molecule has 1 fully saturated rings. The lowest BCUT2D eigenvalue weighted by molar-refractivity contribution is -0.137. The zero-order valence-corrected chi connectivity index (χ0v) is 25.0. The van der Waals surface area contributed by atoms with E-state index < -0.39 is 46.5 Å². The quantitative estimate of drug-likeness (QED) is 0.174. The van der Waals surface area contributed by atoms with E-state index in [1.54, 1.807) is 24.5 Å². The number of ether oxygens (including phenoxy) is 1. The Morgan fingerprint density at radius 3 is 2.21 bits per heavy atom. The molecule has 1 aromatic heterocycles. The average molecular weight is 608 g/mol. The Labute approximate surface area is 251 Å². The van der Waals surface area contributed by atoms with Crippen LogP contribution in [0.4, 0.5) is 5.69 Å². The maximum atomic E-state index is 12.5. The third-order valence-corrected chi connectivity index (χ3v) is 8.40. The van der Waals surface area contributed by atoms with Gasteiger partial charge in [-0.2, -0.15) is 0 Å². The molecule has 3 aromatic carbocycles. The van der Waals surface area contributed by atoms with Crippen molar-refractivity contribution in [2.75, 3.05) is 24.7 Å². The summed E-state index contributed by atoms with van der Waals surface area (Å²) >= 11 is 0. The summed E-state index contributed by atoms with van der Waals surface area (Å²) in [5.41, 5.74) is 4.64. The number of hydrogen-bond donors (Lipinski definition) is 5. The smallest absolute Gasteiger partial charge is 0.252 e. The van der Waals surface area contributed by atoms with E-state index in [9.17, 15) is 23.4 Å². The van der Waals surface area contributed by atoms with E-state index in [0.29, 0.717) is 35.4 Å². The molecule has 1 amide bonds. The fourth-order valence-electron chi connectivity index (χ4n) is 5.52. The molecule has 0 aliphatic carbocycles. The number of anilines is 1. The van der Waals surface area contributed by atoms with Crippen LogP contribution in [-0.4, -0.2) is 71.7 Å². The second kappa shape index (κ2) is 12.8. The van der Waals surface area contributed by atoms with E-state index in [4.69, 9.17) is 4.74 Å². The Hall–Kier alpha value is -3.81. The van der Waals surface area contributed by atoms with Gasteiger partial charge in [0.1, 0.15) is 17.7 Å². The van der Waals surface area contributed by atoms with Gasteiger partial charge < -0.3 is 30.2 Å². The molecule has 4 aromatic rings. The number of imidazole rings is 1. The van der Waals surface area contributed by atoms with Crippen LogP contribution in [0.5, 0.6) is 0 Å². The predicted molar refractivity (Wildman–Crippen MR) is 164 cm³/mol. The van der Waals surface area contributed by atoms with Gasteiger partial charge in [-0.15, -0.1) is 0 Å². The van der Waals surface area contributed by atoms with Crippen LogP contribution in [0.25, 0.3) is 11.0 Å². The Bertz CT molecular complexity index is 1620.